The molecule has 2 fully saturated rings. The van der Waals surface area contributed by atoms with Gasteiger partial charge in [0.15, 0.2) is 0 Å². The molecule has 1 aromatic carbocycles. The fourth-order valence-corrected chi connectivity index (χ4v) is 4.13. The second kappa shape index (κ2) is 9.58. The number of likely N-dealkylation sites (tertiary alicyclic amines) is 1. The molecule has 0 amide bonds. The van der Waals surface area contributed by atoms with Crippen molar-refractivity contribution in [2.45, 2.75) is 19.0 Å². The lowest BCUT2D eigenvalue weighted by Gasteiger charge is -2.32. The lowest BCUT2D eigenvalue weighted by molar-refractivity contribution is -0.384. The van der Waals surface area contributed by atoms with Crippen LogP contribution in [0.25, 0.3) is 11.3 Å². The number of methoxy groups -OCH3 is 1. The molecule has 1 aromatic heterocycles. The minimum Gasteiger partial charge on any atom is -0.497 e. The number of nitrogens with one attached hydrogen (secondary N) is 1. The third kappa shape index (κ3) is 4.90. The lowest BCUT2D eigenvalue weighted by Crippen LogP contribution is -2.49. The Hall–Kier alpha value is -2.13. The van der Waals surface area contributed by atoms with Crippen LogP contribution in [0.5, 0.6) is 5.75 Å². The number of hydrogen-bond donors (Lipinski definition) is 1. The highest BCUT2D eigenvalue weighted by Crippen LogP contribution is 2.34. The highest BCUT2D eigenvalue weighted by atomic mass is 35.5. The first-order valence-corrected chi connectivity index (χ1v) is 9.72. The van der Waals surface area contributed by atoms with Crippen LogP contribution in [0.4, 0.5) is 5.69 Å². The third-order valence-electron chi connectivity index (χ3n) is 5.62. The lowest BCUT2D eigenvalue weighted by atomic mass is 10.1. The van der Waals surface area contributed by atoms with E-state index < -0.39 is 4.92 Å². The first-order valence-electron chi connectivity index (χ1n) is 9.72. The Morgan fingerprint density at radius 3 is 2.76 bits per heavy atom. The molecule has 0 aliphatic carbocycles. The van der Waals surface area contributed by atoms with Gasteiger partial charge in [-0.05, 0) is 30.7 Å². The molecule has 2 aromatic rings. The van der Waals surface area contributed by atoms with E-state index in [9.17, 15) is 10.1 Å². The average molecular weight is 423 g/mol. The summed E-state index contributed by atoms with van der Waals surface area (Å²) in [6.45, 7) is 7.19. The number of halogens is 1. The molecular weight excluding hydrogens is 396 g/mol. The summed E-state index contributed by atoms with van der Waals surface area (Å²) in [6.07, 6.45) is 1.18. The fourth-order valence-electron chi connectivity index (χ4n) is 4.13. The topological polar surface area (TPSA) is 84.0 Å². The number of piperazine rings is 1. The Kier molecular flexibility index (Phi) is 7.13. The number of hydrogen-bond acceptors (Lipinski definition) is 7. The standard InChI is InChI=1S/C20H26N4O4.ClH/c1-27-16-2-4-18(19(12-16)24(25)26)20-5-3-17(28-20)14-22-9-6-15(13-22)23-10-7-21-8-11-23;/h2-5,12,15,21H,6-11,13-14H2,1H3;1H. The van der Waals surface area contributed by atoms with Crippen molar-refractivity contribution in [3.63, 3.8) is 0 Å². The van der Waals surface area contributed by atoms with Gasteiger partial charge in [0.1, 0.15) is 17.3 Å². The summed E-state index contributed by atoms with van der Waals surface area (Å²) >= 11 is 0. The zero-order valence-corrected chi connectivity index (χ0v) is 17.3. The van der Waals surface area contributed by atoms with Crippen LogP contribution in [-0.2, 0) is 6.54 Å². The van der Waals surface area contributed by atoms with Crippen molar-refractivity contribution in [3.05, 3.63) is 46.2 Å². The fraction of sp³-hybridized carbons (Fsp3) is 0.500. The maximum atomic E-state index is 11.4. The van der Waals surface area contributed by atoms with Gasteiger partial charge in [0.2, 0.25) is 0 Å². The Morgan fingerprint density at radius 2 is 2.03 bits per heavy atom. The van der Waals surface area contributed by atoms with Crippen LogP contribution < -0.4 is 10.1 Å². The molecule has 1 unspecified atom stereocenters. The molecule has 3 heterocycles. The summed E-state index contributed by atoms with van der Waals surface area (Å²) in [5.74, 6) is 1.81. The summed E-state index contributed by atoms with van der Waals surface area (Å²) in [5.41, 5.74) is 0.456. The minimum atomic E-state index is -0.404. The molecule has 0 spiro atoms. The second-order valence-electron chi connectivity index (χ2n) is 7.37. The van der Waals surface area contributed by atoms with Crippen molar-refractivity contribution in [3.8, 4) is 17.1 Å². The van der Waals surface area contributed by atoms with E-state index in [1.165, 1.54) is 19.6 Å². The molecular formula is C20H27ClN4O4. The maximum Gasteiger partial charge on any atom is 0.284 e. The van der Waals surface area contributed by atoms with Gasteiger partial charge in [-0.3, -0.25) is 19.9 Å². The molecule has 1 atom stereocenters. The zero-order chi connectivity index (χ0) is 19.5. The van der Waals surface area contributed by atoms with Crippen LogP contribution in [-0.4, -0.2) is 67.1 Å². The molecule has 2 aliphatic heterocycles. The number of benzene rings is 1. The Labute approximate surface area is 176 Å². The number of ether oxygens (including phenoxy) is 1. The smallest absolute Gasteiger partial charge is 0.284 e. The first kappa shape index (κ1) is 21.6. The van der Waals surface area contributed by atoms with Crippen molar-refractivity contribution < 1.29 is 14.1 Å². The van der Waals surface area contributed by atoms with Crippen LogP contribution in [0.15, 0.2) is 34.7 Å². The number of nitro groups is 1. The quantitative estimate of drug-likeness (QED) is 0.566. The summed E-state index contributed by atoms with van der Waals surface area (Å²) in [5, 5.41) is 14.8. The van der Waals surface area contributed by atoms with Crippen LogP contribution in [0.2, 0.25) is 0 Å². The zero-order valence-electron chi connectivity index (χ0n) is 16.5. The number of nitro benzene ring substituents is 1. The van der Waals surface area contributed by atoms with E-state index in [-0.39, 0.29) is 18.1 Å². The van der Waals surface area contributed by atoms with Crippen molar-refractivity contribution in [2.75, 3.05) is 46.4 Å². The monoisotopic (exact) mass is 422 g/mol. The maximum absolute atomic E-state index is 11.4. The third-order valence-corrected chi connectivity index (χ3v) is 5.62. The van der Waals surface area contributed by atoms with Gasteiger partial charge in [-0.25, -0.2) is 0 Å². The summed E-state index contributed by atoms with van der Waals surface area (Å²) in [4.78, 5) is 16.0. The average Bonchev–Trinajstić information content (AvgIpc) is 3.38. The predicted octanol–water partition coefficient (Wildman–Crippen LogP) is 2.76. The number of rotatable bonds is 6. The van der Waals surface area contributed by atoms with Crippen LogP contribution >= 0.6 is 12.4 Å². The number of nitrogens with zero attached hydrogens (tertiary/aromatic N) is 3. The van der Waals surface area contributed by atoms with Crippen molar-refractivity contribution in [2.24, 2.45) is 0 Å². The van der Waals surface area contributed by atoms with Gasteiger partial charge >= 0.3 is 0 Å². The summed E-state index contributed by atoms with van der Waals surface area (Å²) in [6, 6.07) is 9.16. The largest absolute Gasteiger partial charge is 0.497 e. The predicted molar refractivity (Wildman–Crippen MR) is 113 cm³/mol. The van der Waals surface area contributed by atoms with E-state index in [0.29, 0.717) is 23.1 Å². The first-order chi connectivity index (χ1) is 13.6. The van der Waals surface area contributed by atoms with Gasteiger partial charge in [-0.2, -0.15) is 0 Å². The Bertz CT molecular complexity index is 838. The highest BCUT2D eigenvalue weighted by molar-refractivity contribution is 5.85. The SMILES string of the molecule is COc1ccc(-c2ccc(CN3CCC(N4CCNCC4)C3)o2)c([N+](=O)[O-])c1.Cl. The van der Waals surface area contributed by atoms with Crippen molar-refractivity contribution in [1.82, 2.24) is 15.1 Å². The molecule has 0 bridgehead atoms. The molecule has 2 aliphatic rings. The van der Waals surface area contributed by atoms with Crippen LogP contribution in [0.1, 0.15) is 12.2 Å². The van der Waals surface area contributed by atoms with E-state index in [4.69, 9.17) is 9.15 Å². The molecule has 8 nitrogen and oxygen atoms in total. The van der Waals surface area contributed by atoms with Crippen molar-refractivity contribution >= 4 is 18.1 Å². The highest BCUT2D eigenvalue weighted by Gasteiger charge is 2.29. The van der Waals surface area contributed by atoms with Crippen molar-refractivity contribution in [1.29, 1.82) is 0 Å². The van der Waals surface area contributed by atoms with Gasteiger partial charge in [0.25, 0.3) is 5.69 Å². The van der Waals surface area contributed by atoms with E-state index in [1.54, 1.807) is 12.1 Å². The normalized spacial score (nSPS) is 20.4. The Morgan fingerprint density at radius 1 is 1.24 bits per heavy atom. The van der Waals surface area contributed by atoms with Gasteiger partial charge in [-0.15, -0.1) is 12.4 Å². The van der Waals surface area contributed by atoms with Crippen LogP contribution in [0, 0.1) is 10.1 Å². The van der Waals surface area contributed by atoms with E-state index in [2.05, 4.69) is 15.1 Å². The number of furan rings is 1. The second-order valence-corrected chi connectivity index (χ2v) is 7.37. The molecule has 158 valence electrons. The van der Waals surface area contributed by atoms with Gasteiger partial charge in [0, 0.05) is 45.3 Å². The van der Waals surface area contributed by atoms with Gasteiger partial charge in [0.05, 0.1) is 30.2 Å². The summed E-state index contributed by atoms with van der Waals surface area (Å²) in [7, 11) is 1.49. The molecule has 0 radical (unpaired) electrons. The molecule has 0 saturated carbocycles. The molecule has 4 rings (SSSR count). The molecule has 2 saturated heterocycles. The van der Waals surface area contributed by atoms with E-state index in [0.717, 1.165) is 51.6 Å². The minimum absolute atomic E-state index is 0. The molecule has 1 N–H and O–H groups in total. The van der Waals surface area contributed by atoms with E-state index in [1.807, 2.05) is 12.1 Å². The van der Waals surface area contributed by atoms with Crippen LogP contribution in [0.3, 0.4) is 0 Å². The molecule has 9 heteroatoms. The van der Waals surface area contributed by atoms with E-state index >= 15 is 0 Å². The Balaban J connectivity index is 0.00000240. The summed E-state index contributed by atoms with van der Waals surface area (Å²) < 4.78 is 11.1. The van der Waals surface area contributed by atoms with Gasteiger partial charge in [-0.1, -0.05) is 0 Å². The molecule has 29 heavy (non-hydrogen) atoms. The van der Waals surface area contributed by atoms with Gasteiger partial charge < -0.3 is 14.5 Å².